The highest BCUT2D eigenvalue weighted by Gasteiger charge is 2.02. The average molecular weight is 310 g/mol. The lowest BCUT2D eigenvalue weighted by atomic mass is 10.1. The van der Waals surface area contributed by atoms with E-state index in [2.05, 4.69) is 24.0 Å². The summed E-state index contributed by atoms with van der Waals surface area (Å²) >= 11 is 0. The van der Waals surface area contributed by atoms with E-state index < -0.39 is 4.92 Å². The average Bonchev–Trinajstić information content (AvgIpc) is 2.58. The third kappa shape index (κ3) is 5.66. The van der Waals surface area contributed by atoms with Crippen molar-refractivity contribution < 1.29 is 4.92 Å². The third-order valence-corrected chi connectivity index (χ3v) is 3.72. The van der Waals surface area contributed by atoms with Crippen LogP contribution in [0.2, 0.25) is 0 Å². The van der Waals surface area contributed by atoms with Gasteiger partial charge in [-0.15, -0.1) is 0 Å². The number of nitro benzene ring substituents is 1. The number of benzene rings is 2. The fourth-order valence-corrected chi connectivity index (χ4v) is 2.34. The molecule has 0 fully saturated rings. The van der Waals surface area contributed by atoms with E-state index >= 15 is 0 Å². The van der Waals surface area contributed by atoms with Gasteiger partial charge < -0.3 is 0 Å². The SMILES string of the molecule is CCCCCCc1ccc(/N=C/c2ccc([N+](=O)[O-])cc2)cc1. The molecule has 0 spiro atoms. The smallest absolute Gasteiger partial charge is 0.258 e. The van der Waals surface area contributed by atoms with E-state index in [1.165, 1.54) is 43.4 Å². The van der Waals surface area contributed by atoms with Crippen LogP contribution in [0.5, 0.6) is 0 Å². The fourth-order valence-electron chi connectivity index (χ4n) is 2.34. The van der Waals surface area contributed by atoms with Crippen LogP contribution >= 0.6 is 0 Å². The molecule has 0 amide bonds. The van der Waals surface area contributed by atoms with Crippen molar-refractivity contribution in [2.75, 3.05) is 0 Å². The minimum absolute atomic E-state index is 0.0922. The highest BCUT2D eigenvalue weighted by Crippen LogP contribution is 2.16. The molecule has 0 aliphatic rings. The Kier molecular flexibility index (Phi) is 6.48. The van der Waals surface area contributed by atoms with Crippen molar-refractivity contribution in [2.24, 2.45) is 4.99 Å². The molecule has 0 saturated heterocycles. The Morgan fingerprint density at radius 3 is 2.30 bits per heavy atom. The van der Waals surface area contributed by atoms with Crippen LogP contribution < -0.4 is 0 Å². The first kappa shape index (κ1) is 16.9. The number of nitro groups is 1. The van der Waals surface area contributed by atoms with E-state index in [9.17, 15) is 10.1 Å². The Hall–Kier alpha value is -2.49. The molecule has 4 heteroatoms. The zero-order valence-electron chi connectivity index (χ0n) is 13.4. The van der Waals surface area contributed by atoms with Crippen LogP contribution in [0.4, 0.5) is 11.4 Å². The molecule has 0 heterocycles. The Balaban J connectivity index is 1.90. The van der Waals surface area contributed by atoms with Gasteiger partial charge >= 0.3 is 0 Å². The van der Waals surface area contributed by atoms with Gasteiger partial charge in [0, 0.05) is 18.3 Å². The molecule has 0 N–H and O–H groups in total. The summed E-state index contributed by atoms with van der Waals surface area (Å²) in [7, 11) is 0. The number of nitrogens with zero attached hydrogens (tertiary/aromatic N) is 2. The van der Waals surface area contributed by atoms with Crippen molar-refractivity contribution in [1.29, 1.82) is 0 Å². The molecule has 0 aliphatic carbocycles. The zero-order chi connectivity index (χ0) is 16.5. The molecule has 2 rings (SSSR count). The van der Waals surface area contributed by atoms with Crippen LogP contribution in [0.25, 0.3) is 0 Å². The molecular formula is C19H22N2O2. The summed E-state index contributed by atoms with van der Waals surface area (Å²) in [6.45, 7) is 2.22. The van der Waals surface area contributed by atoms with Crippen molar-refractivity contribution >= 4 is 17.6 Å². The van der Waals surface area contributed by atoms with Crippen molar-refractivity contribution in [2.45, 2.75) is 39.0 Å². The molecule has 120 valence electrons. The van der Waals surface area contributed by atoms with Crippen molar-refractivity contribution in [3.8, 4) is 0 Å². The Bertz CT molecular complexity index is 646. The molecule has 0 aliphatic heterocycles. The van der Waals surface area contributed by atoms with Crippen molar-refractivity contribution in [3.05, 3.63) is 69.8 Å². The molecule has 0 bridgehead atoms. The molecule has 2 aromatic rings. The number of rotatable bonds is 8. The molecule has 0 unspecified atom stereocenters. The predicted molar refractivity (Wildman–Crippen MR) is 94.6 cm³/mol. The number of aryl methyl sites for hydroxylation is 1. The Morgan fingerprint density at radius 2 is 1.70 bits per heavy atom. The van der Waals surface area contributed by atoms with E-state index in [4.69, 9.17) is 0 Å². The molecule has 0 aromatic heterocycles. The topological polar surface area (TPSA) is 55.5 Å². The standard InChI is InChI=1S/C19H22N2O2/c1-2-3-4-5-6-16-7-11-18(12-8-16)20-15-17-9-13-19(14-10-17)21(22)23/h7-15H,2-6H2,1H3/b20-15+. The normalized spacial score (nSPS) is 11.0. The van der Waals surface area contributed by atoms with Crippen LogP contribution in [0, 0.1) is 10.1 Å². The highest BCUT2D eigenvalue weighted by atomic mass is 16.6. The van der Waals surface area contributed by atoms with Crippen LogP contribution in [-0.2, 0) is 6.42 Å². The second kappa shape index (κ2) is 8.83. The first-order valence-corrected chi connectivity index (χ1v) is 8.06. The summed E-state index contributed by atoms with van der Waals surface area (Å²) in [6, 6.07) is 14.6. The molecule has 0 radical (unpaired) electrons. The molecular weight excluding hydrogens is 288 g/mol. The van der Waals surface area contributed by atoms with Gasteiger partial charge in [-0.1, -0.05) is 38.3 Å². The van der Waals surface area contributed by atoms with Gasteiger partial charge in [-0.05, 0) is 48.2 Å². The van der Waals surface area contributed by atoms with Crippen LogP contribution in [-0.4, -0.2) is 11.1 Å². The van der Waals surface area contributed by atoms with Crippen molar-refractivity contribution in [3.63, 3.8) is 0 Å². The molecule has 0 saturated carbocycles. The quantitative estimate of drug-likeness (QED) is 0.281. The van der Waals surface area contributed by atoms with E-state index in [-0.39, 0.29) is 5.69 Å². The Morgan fingerprint density at radius 1 is 1.00 bits per heavy atom. The summed E-state index contributed by atoms with van der Waals surface area (Å²) in [5, 5.41) is 10.6. The van der Waals surface area contributed by atoms with Gasteiger partial charge in [-0.25, -0.2) is 0 Å². The summed E-state index contributed by atoms with van der Waals surface area (Å²) in [4.78, 5) is 14.6. The molecule has 4 nitrogen and oxygen atoms in total. The second-order valence-corrected chi connectivity index (χ2v) is 5.58. The van der Waals surface area contributed by atoms with E-state index in [1.54, 1.807) is 18.3 Å². The van der Waals surface area contributed by atoms with Crippen molar-refractivity contribution in [1.82, 2.24) is 0 Å². The number of hydrogen-bond acceptors (Lipinski definition) is 3. The third-order valence-electron chi connectivity index (χ3n) is 3.72. The predicted octanol–water partition coefficient (Wildman–Crippen LogP) is 5.47. The molecule has 2 aromatic carbocycles. The number of aliphatic imine (C=N–C) groups is 1. The molecule has 0 atom stereocenters. The van der Waals surface area contributed by atoms with Crippen LogP contribution in [0.15, 0.2) is 53.5 Å². The lowest BCUT2D eigenvalue weighted by Crippen LogP contribution is -1.88. The number of unbranched alkanes of at least 4 members (excludes halogenated alkanes) is 3. The molecule has 23 heavy (non-hydrogen) atoms. The Labute approximate surface area is 137 Å². The maximum absolute atomic E-state index is 10.6. The van der Waals surface area contributed by atoms with Gasteiger partial charge in [0.05, 0.1) is 10.6 Å². The van der Waals surface area contributed by atoms with Crippen LogP contribution in [0.3, 0.4) is 0 Å². The zero-order valence-corrected chi connectivity index (χ0v) is 13.4. The van der Waals surface area contributed by atoms with Gasteiger partial charge in [0.1, 0.15) is 0 Å². The lowest BCUT2D eigenvalue weighted by Gasteiger charge is -2.01. The summed E-state index contributed by atoms with van der Waals surface area (Å²) < 4.78 is 0. The number of hydrogen-bond donors (Lipinski definition) is 0. The minimum Gasteiger partial charge on any atom is -0.258 e. The highest BCUT2D eigenvalue weighted by molar-refractivity contribution is 5.82. The summed E-state index contributed by atoms with van der Waals surface area (Å²) in [5.74, 6) is 0. The lowest BCUT2D eigenvalue weighted by molar-refractivity contribution is -0.384. The van der Waals surface area contributed by atoms with E-state index in [0.29, 0.717) is 0 Å². The van der Waals surface area contributed by atoms with Gasteiger partial charge in [-0.3, -0.25) is 15.1 Å². The minimum atomic E-state index is -0.403. The first-order valence-electron chi connectivity index (χ1n) is 8.06. The summed E-state index contributed by atoms with van der Waals surface area (Å²) in [5.41, 5.74) is 3.17. The summed E-state index contributed by atoms with van der Waals surface area (Å²) in [6.07, 6.45) is 7.93. The van der Waals surface area contributed by atoms with Gasteiger partial charge in [0.2, 0.25) is 0 Å². The maximum Gasteiger partial charge on any atom is 0.269 e. The fraction of sp³-hybridized carbons (Fsp3) is 0.316. The maximum atomic E-state index is 10.6. The van der Waals surface area contributed by atoms with E-state index in [0.717, 1.165) is 17.7 Å². The second-order valence-electron chi connectivity index (χ2n) is 5.58. The van der Waals surface area contributed by atoms with E-state index in [1.807, 2.05) is 12.1 Å². The van der Waals surface area contributed by atoms with Gasteiger partial charge in [0.25, 0.3) is 5.69 Å². The number of non-ortho nitro benzene ring substituents is 1. The monoisotopic (exact) mass is 310 g/mol. The van der Waals surface area contributed by atoms with Gasteiger partial charge in [-0.2, -0.15) is 0 Å². The first-order chi connectivity index (χ1) is 11.2. The largest absolute Gasteiger partial charge is 0.269 e. The van der Waals surface area contributed by atoms with Crippen LogP contribution in [0.1, 0.15) is 43.7 Å². The van der Waals surface area contributed by atoms with Gasteiger partial charge in [0.15, 0.2) is 0 Å².